The number of carbonyl (C=O) groups excluding carboxylic acids is 1. The predicted octanol–water partition coefficient (Wildman–Crippen LogP) is 3.04. The zero-order chi connectivity index (χ0) is 14.7. The first-order valence-corrected chi connectivity index (χ1v) is 6.09. The topological polar surface area (TPSA) is 55.1 Å². The van der Waals surface area contributed by atoms with E-state index in [9.17, 15) is 13.6 Å². The van der Waals surface area contributed by atoms with Gasteiger partial charge in [-0.1, -0.05) is 18.2 Å². The first-order chi connectivity index (χ1) is 9.49. The van der Waals surface area contributed by atoms with Crippen LogP contribution < -0.4 is 11.1 Å². The highest BCUT2D eigenvalue weighted by Crippen LogP contribution is 2.18. The Labute approximate surface area is 115 Å². The van der Waals surface area contributed by atoms with Gasteiger partial charge in [-0.15, -0.1) is 0 Å². The van der Waals surface area contributed by atoms with Crippen molar-refractivity contribution in [1.82, 2.24) is 5.32 Å². The molecule has 2 aromatic carbocycles. The molecule has 0 bridgehead atoms. The quantitative estimate of drug-likeness (QED) is 0.847. The van der Waals surface area contributed by atoms with Crippen molar-refractivity contribution >= 4 is 11.6 Å². The van der Waals surface area contributed by atoms with E-state index < -0.39 is 23.6 Å². The molecule has 1 amide bonds. The van der Waals surface area contributed by atoms with E-state index in [1.165, 1.54) is 12.1 Å². The molecule has 0 radical (unpaired) electrons. The summed E-state index contributed by atoms with van der Waals surface area (Å²) in [5.41, 5.74) is 6.17. The summed E-state index contributed by atoms with van der Waals surface area (Å²) in [4.78, 5) is 12.0. The number of nitrogens with two attached hydrogens (primary N) is 1. The van der Waals surface area contributed by atoms with Crippen LogP contribution in [0, 0.1) is 11.6 Å². The zero-order valence-corrected chi connectivity index (χ0v) is 10.9. The minimum Gasteiger partial charge on any atom is -0.398 e. The molecule has 0 spiro atoms. The fourth-order valence-corrected chi connectivity index (χ4v) is 1.92. The number of rotatable bonds is 3. The Morgan fingerprint density at radius 1 is 1.20 bits per heavy atom. The second kappa shape index (κ2) is 5.69. The molecule has 0 aromatic heterocycles. The van der Waals surface area contributed by atoms with Crippen molar-refractivity contribution in [2.75, 3.05) is 5.73 Å². The van der Waals surface area contributed by atoms with E-state index >= 15 is 0 Å². The Balaban J connectivity index is 2.17. The predicted molar refractivity (Wildman–Crippen MR) is 73.1 cm³/mol. The van der Waals surface area contributed by atoms with Gasteiger partial charge in [-0.05, 0) is 31.2 Å². The van der Waals surface area contributed by atoms with Crippen molar-refractivity contribution in [3.63, 3.8) is 0 Å². The molecule has 1 unspecified atom stereocenters. The Hall–Kier alpha value is -2.43. The van der Waals surface area contributed by atoms with Crippen LogP contribution >= 0.6 is 0 Å². The van der Waals surface area contributed by atoms with Gasteiger partial charge in [0.05, 0.1) is 11.6 Å². The first kappa shape index (κ1) is 14.0. The Bertz CT molecular complexity index is 644. The van der Waals surface area contributed by atoms with Crippen molar-refractivity contribution in [1.29, 1.82) is 0 Å². The van der Waals surface area contributed by atoms with Crippen LogP contribution in [0.15, 0.2) is 42.5 Å². The molecule has 0 saturated heterocycles. The monoisotopic (exact) mass is 276 g/mol. The van der Waals surface area contributed by atoms with Crippen molar-refractivity contribution in [2.24, 2.45) is 0 Å². The highest BCUT2D eigenvalue weighted by Gasteiger charge is 2.16. The minimum absolute atomic E-state index is 0.0447. The van der Waals surface area contributed by atoms with Gasteiger partial charge in [0, 0.05) is 11.3 Å². The van der Waals surface area contributed by atoms with Gasteiger partial charge in [-0.25, -0.2) is 8.78 Å². The highest BCUT2D eigenvalue weighted by molar-refractivity contribution is 5.99. The molecule has 0 heterocycles. The number of nitrogen functional groups attached to an aromatic ring is 1. The number of nitrogens with one attached hydrogen (secondary N) is 1. The molecular formula is C15H14F2N2O. The fraction of sp³-hybridized carbons (Fsp3) is 0.133. The number of halogens is 2. The third kappa shape index (κ3) is 2.93. The lowest BCUT2D eigenvalue weighted by Crippen LogP contribution is -2.28. The molecule has 20 heavy (non-hydrogen) atoms. The molecule has 0 aliphatic rings. The van der Waals surface area contributed by atoms with Crippen LogP contribution in [0.5, 0.6) is 0 Å². The summed E-state index contributed by atoms with van der Waals surface area (Å²) >= 11 is 0. The molecule has 0 aliphatic carbocycles. The number of hydrogen-bond donors (Lipinski definition) is 2. The van der Waals surface area contributed by atoms with Crippen LogP contribution in [-0.4, -0.2) is 5.91 Å². The molecule has 1 atom stereocenters. The van der Waals surface area contributed by atoms with E-state index in [-0.39, 0.29) is 11.3 Å². The average molecular weight is 276 g/mol. The molecule has 2 aromatic rings. The summed E-state index contributed by atoms with van der Waals surface area (Å²) in [7, 11) is 0. The molecular weight excluding hydrogens is 262 g/mol. The van der Waals surface area contributed by atoms with Gasteiger partial charge in [0.1, 0.15) is 11.6 Å². The lowest BCUT2D eigenvalue weighted by Gasteiger charge is -2.15. The van der Waals surface area contributed by atoms with Gasteiger partial charge in [0.15, 0.2) is 0 Å². The van der Waals surface area contributed by atoms with Crippen LogP contribution in [0.4, 0.5) is 14.5 Å². The summed E-state index contributed by atoms with van der Waals surface area (Å²) in [5, 5.41) is 2.63. The van der Waals surface area contributed by atoms with Gasteiger partial charge in [0.25, 0.3) is 5.91 Å². The van der Waals surface area contributed by atoms with Gasteiger partial charge in [-0.2, -0.15) is 0 Å². The third-order valence-electron chi connectivity index (χ3n) is 2.98. The van der Waals surface area contributed by atoms with E-state index in [1.807, 2.05) is 0 Å². The first-order valence-electron chi connectivity index (χ1n) is 6.09. The number of carbonyl (C=O) groups is 1. The summed E-state index contributed by atoms with van der Waals surface area (Å²) < 4.78 is 26.5. The normalized spacial score (nSPS) is 11.9. The van der Waals surface area contributed by atoms with Crippen molar-refractivity contribution in [3.8, 4) is 0 Å². The van der Waals surface area contributed by atoms with E-state index in [2.05, 4.69) is 5.32 Å². The zero-order valence-electron chi connectivity index (χ0n) is 10.9. The van der Waals surface area contributed by atoms with E-state index in [1.54, 1.807) is 25.1 Å². The number of amides is 1. The van der Waals surface area contributed by atoms with Gasteiger partial charge < -0.3 is 11.1 Å². The van der Waals surface area contributed by atoms with Crippen LogP contribution in [0.2, 0.25) is 0 Å². The second-order valence-electron chi connectivity index (χ2n) is 4.45. The molecule has 0 fully saturated rings. The molecule has 5 heteroatoms. The SMILES string of the molecule is CC(NC(=O)c1ccc(F)cc1N)c1ccccc1F. The smallest absolute Gasteiger partial charge is 0.253 e. The third-order valence-corrected chi connectivity index (χ3v) is 2.98. The van der Waals surface area contributed by atoms with E-state index in [0.717, 1.165) is 12.1 Å². The largest absolute Gasteiger partial charge is 0.398 e. The number of benzene rings is 2. The fourth-order valence-electron chi connectivity index (χ4n) is 1.92. The summed E-state index contributed by atoms with van der Waals surface area (Å²) in [6.45, 7) is 1.66. The van der Waals surface area contributed by atoms with Crippen molar-refractivity contribution in [2.45, 2.75) is 13.0 Å². The molecule has 3 N–H and O–H groups in total. The average Bonchev–Trinajstić information content (AvgIpc) is 2.38. The second-order valence-corrected chi connectivity index (χ2v) is 4.45. The molecule has 0 aliphatic heterocycles. The molecule has 2 rings (SSSR count). The van der Waals surface area contributed by atoms with E-state index in [0.29, 0.717) is 5.56 Å². The lowest BCUT2D eigenvalue weighted by molar-refractivity contribution is 0.0940. The van der Waals surface area contributed by atoms with Crippen molar-refractivity contribution in [3.05, 3.63) is 65.2 Å². The Morgan fingerprint density at radius 3 is 2.55 bits per heavy atom. The molecule has 3 nitrogen and oxygen atoms in total. The maximum atomic E-state index is 13.6. The van der Waals surface area contributed by atoms with Crippen LogP contribution in [-0.2, 0) is 0 Å². The van der Waals surface area contributed by atoms with Crippen LogP contribution in [0.1, 0.15) is 28.9 Å². The Kier molecular flexibility index (Phi) is 3.98. The maximum Gasteiger partial charge on any atom is 0.253 e. The van der Waals surface area contributed by atoms with Crippen molar-refractivity contribution < 1.29 is 13.6 Å². The van der Waals surface area contributed by atoms with Gasteiger partial charge >= 0.3 is 0 Å². The Morgan fingerprint density at radius 2 is 1.90 bits per heavy atom. The lowest BCUT2D eigenvalue weighted by atomic mass is 10.1. The minimum atomic E-state index is -0.520. The summed E-state index contributed by atoms with van der Waals surface area (Å²) in [5.74, 6) is -1.38. The summed E-state index contributed by atoms with van der Waals surface area (Å²) in [6, 6.07) is 9.18. The number of hydrogen-bond acceptors (Lipinski definition) is 2. The number of anilines is 1. The molecule has 104 valence electrons. The highest BCUT2D eigenvalue weighted by atomic mass is 19.1. The summed E-state index contributed by atoms with van der Waals surface area (Å²) in [6.07, 6.45) is 0. The van der Waals surface area contributed by atoms with Gasteiger partial charge in [-0.3, -0.25) is 4.79 Å². The van der Waals surface area contributed by atoms with Crippen LogP contribution in [0.25, 0.3) is 0 Å². The van der Waals surface area contributed by atoms with Gasteiger partial charge in [0.2, 0.25) is 0 Å². The van der Waals surface area contributed by atoms with E-state index in [4.69, 9.17) is 5.73 Å². The maximum absolute atomic E-state index is 13.6. The van der Waals surface area contributed by atoms with Crippen LogP contribution in [0.3, 0.4) is 0 Å². The standard InChI is InChI=1S/C15H14F2N2O/c1-9(11-4-2-3-5-13(11)17)19-15(20)12-7-6-10(16)8-14(12)18/h2-9H,18H2,1H3,(H,19,20). The molecule has 0 saturated carbocycles.